The Labute approximate surface area is 199 Å². The zero-order valence-corrected chi connectivity index (χ0v) is 19.7. The summed E-state index contributed by atoms with van der Waals surface area (Å²) >= 11 is 0. The van der Waals surface area contributed by atoms with E-state index >= 15 is 0 Å². The summed E-state index contributed by atoms with van der Waals surface area (Å²) in [5.74, 6) is -0.460. The normalized spacial score (nSPS) is 17.2. The predicted molar refractivity (Wildman–Crippen MR) is 120 cm³/mol. The molecule has 13 heteroatoms. The summed E-state index contributed by atoms with van der Waals surface area (Å²) in [5.41, 5.74) is 0.598. The Bertz CT molecular complexity index is 1360. The van der Waals surface area contributed by atoms with Crippen molar-refractivity contribution in [3.05, 3.63) is 47.9 Å². The van der Waals surface area contributed by atoms with Gasteiger partial charge in [0.15, 0.2) is 18.1 Å². The van der Waals surface area contributed by atoms with Crippen LogP contribution in [0.3, 0.4) is 0 Å². The zero-order chi connectivity index (χ0) is 25.4. The molecule has 3 aromatic rings. The van der Waals surface area contributed by atoms with Crippen molar-refractivity contribution >= 4 is 21.3 Å². The van der Waals surface area contributed by atoms with E-state index in [9.17, 15) is 26.4 Å². The SMILES string of the molecule is Cc1c(C(=O)NC2(C)CCS(=O)(=O)CC2)nn2ccc(Oc3ncccc3OCC(F)(F)F)cc12. The van der Waals surface area contributed by atoms with Crippen LogP contribution in [0.2, 0.25) is 0 Å². The lowest BCUT2D eigenvalue weighted by Crippen LogP contribution is -2.51. The molecule has 188 valence electrons. The third-order valence-corrected chi connectivity index (χ3v) is 7.41. The lowest BCUT2D eigenvalue weighted by molar-refractivity contribution is -0.153. The molecule has 1 N–H and O–H groups in total. The van der Waals surface area contributed by atoms with E-state index in [1.54, 1.807) is 19.2 Å². The summed E-state index contributed by atoms with van der Waals surface area (Å²) in [6.45, 7) is 2.02. The number of rotatable bonds is 6. The molecule has 0 bridgehead atoms. The summed E-state index contributed by atoms with van der Waals surface area (Å²) < 4.78 is 73.0. The molecule has 4 heterocycles. The molecular formula is C22H23F3N4O5S. The van der Waals surface area contributed by atoms with Crippen molar-refractivity contribution in [2.75, 3.05) is 18.1 Å². The molecule has 1 aliphatic heterocycles. The number of aromatic nitrogens is 3. The van der Waals surface area contributed by atoms with Crippen molar-refractivity contribution < 1.29 is 35.9 Å². The predicted octanol–water partition coefficient (Wildman–Crippen LogP) is 3.47. The molecule has 3 aromatic heterocycles. The van der Waals surface area contributed by atoms with Gasteiger partial charge < -0.3 is 14.8 Å². The van der Waals surface area contributed by atoms with Gasteiger partial charge in [-0.2, -0.15) is 18.3 Å². The minimum absolute atomic E-state index is 0.0107. The van der Waals surface area contributed by atoms with E-state index in [1.807, 2.05) is 6.92 Å². The molecule has 35 heavy (non-hydrogen) atoms. The fourth-order valence-corrected chi connectivity index (χ4v) is 5.43. The smallest absolute Gasteiger partial charge is 0.422 e. The number of pyridine rings is 2. The van der Waals surface area contributed by atoms with Crippen LogP contribution in [-0.4, -0.2) is 58.8 Å². The standard InChI is InChI=1S/C22H23F3N4O5S/c1-14-16-12-15(34-20-17(4-3-8-26-20)33-13-22(23,24)25)5-9-29(16)28-18(14)19(30)27-21(2)6-10-35(31,32)11-7-21/h3-5,8-9,12H,6-7,10-11,13H2,1-2H3,(H,27,30). The van der Waals surface area contributed by atoms with E-state index in [0.717, 1.165) is 0 Å². The van der Waals surface area contributed by atoms with E-state index in [4.69, 9.17) is 9.47 Å². The van der Waals surface area contributed by atoms with Crippen molar-refractivity contribution in [1.29, 1.82) is 0 Å². The van der Waals surface area contributed by atoms with Crippen LogP contribution in [-0.2, 0) is 9.84 Å². The number of carbonyl (C=O) groups excluding carboxylic acids is 1. The number of carbonyl (C=O) groups is 1. The summed E-state index contributed by atoms with van der Waals surface area (Å²) in [6, 6.07) is 5.85. The topological polar surface area (TPSA) is 112 Å². The largest absolute Gasteiger partial charge is 0.478 e. The number of alkyl halides is 3. The first-order chi connectivity index (χ1) is 16.3. The Hall–Kier alpha value is -3.35. The molecule has 0 atom stereocenters. The molecule has 0 unspecified atom stereocenters. The Morgan fingerprint density at radius 1 is 1.26 bits per heavy atom. The van der Waals surface area contributed by atoms with Gasteiger partial charge in [-0.15, -0.1) is 0 Å². The average molecular weight is 513 g/mol. The third kappa shape index (κ3) is 5.84. The van der Waals surface area contributed by atoms with Gasteiger partial charge in [0.2, 0.25) is 0 Å². The second kappa shape index (κ2) is 9.02. The van der Waals surface area contributed by atoms with Gasteiger partial charge in [-0.05, 0) is 44.9 Å². The Morgan fingerprint density at radius 2 is 1.97 bits per heavy atom. The van der Waals surface area contributed by atoms with E-state index in [2.05, 4.69) is 15.4 Å². The maximum absolute atomic E-state index is 13.0. The molecular weight excluding hydrogens is 489 g/mol. The Balaban J connectivity index is 1.54. The molecule has 1 saturated heterocycles. The second-order valence-electron chi connectivity index (χ2n) is 8.65. The van der Waals surface area contributed by atoms with Crippen LogP contribution in [0.4, 0.5) is 13.2 Å². The first-order valence-corrected chi connectivity index (χ1v) is 12.5. The quantitative estimate of drug-likeness (QED) is 0.538. The number of hydrogen-bond donors (Lipinski definition) is 1. The van der Waals surface area contributed by atoms with Crippen molar-refractivity contribution in [3.63, 3.8) is 0 Å². The highest BCUT2D eigenvalue weighted by Gasteiger charge is 2.35. The molecule has 1 aliphatic rings. The summed E-state index contributed by atoms with van der Waals surface area (Å²) in [7, 11) is -3.08. The summed E-state index contributed by atoms with van der Waals surface area (Å²) in [6.07, 6.45) is -0.982. The van der Waals surface area contributed by atoms with Gasteiger partial charge in [0.1, 0.15) is 15.6 Å². The fraction of sp³-hybridized carbons (Fsp3) is 0.409. The Morgan fingerprint density at radius 3 is 2.66 bits per heavy atom. The van der Waals surface area contributed by atoms with Crippen LogP contribution in [0.15, 0.2) is 36.7 Å². The van der Waals surface area contributed by atoms with E-state index in [1.165, 1.54) is 28.9 Å². The molecule has 4 rings (SSSR count). The highest BCUT2D eigenvalue weighted by atomic mass is 32.2. The lowest BCUT2D eigenvalue weighted by Gasteiger charge is -2.34. The summed E-state index contributed by atoms with van der Waals surface area (Å²) in [4.78, 5) is 16.9. The summed E-state index contributed by atoms with van der Waals surface area (Å²) in [5, 5.41) is 7.24. The van der Waals surface area contributed by atoms with Crippen molar-refractivity contribution in [1.82, 2.24) is 19.9 Å². The van der Waals surface area contributed by atoms with Gasteiger partial charge in [0.25, 0.3) is 11.8 Å². The molecule has 1 fully saturated rings. The minimum Gasteiger partial charge on any atom is -0.478 e. The van der Waals surface area contributed by atoms with Gasteiger partial charge in [-0.25, -0.2) is 17.9 Å². The third-order valence-electron chi connectivity index (χ3n) is 5.76. The first kappa shape index (κ1) is 24.8. The molecule has 0 radical (unpaired) electrons. The minimum atomic E-state index is -4.51. The van der Waals surface area contributed by atoms with Crippen LogP contribution < -0.4 is 14.8 Å². The molecule has 0 aromatic carbocycles. The number of fused-ring (bicyclic) bond motifs is 1. The molecule has 1 amide bonds. The number of halogens is 3. The molecule has 0 saturated carbocycles. The Kier molecular flexibility index (Phi) is 6.38. The van der Waals surface area contributed by atoms with Crippen LogP contribution in [0, 0.1) is 6.92 Å². The average Bonchev–Trinajstić information content (AvgIpc) is 3.11. The lowest BCUT2D eigenvalue weighted by atomic mass is 9.94. The maximum Gasteiger partial charge on any atom is 0.422 e. The number of nitrogens with zero attached hydrogens (tertiary/aromatic N) is 3. The fourth-order valence-electron chi connectivity index (χ4n) is 3.70. The highest BCUT2D eigenvalue weighted by Crippen LogP contribution is 2.31. The number of amides is 1. The van der Waals surface area contributed by atoms with Gasteiger partial charge in [-0.3, -0.25) is 4.79 Å². The number of ether oxygens (including phenoxy) is 2. The highest BCUT2D eigenvalue weighted by molar-refractivity contribution is 7.91. The van der Waals surface area contributed by atoms with E-state index in [0.29, 0.717) is 23.9 Å². The maximum atomic E-state index is 13.0. The van der Waals surface area contributed by atoms with Crippen LogP contribution in [0.5, 0.6) is 17.4 Å². The number of nitrogens with one attached hydrogen (secondary N) is 1. The van der Waals surface area contributed by atoms with Crippen molar-refractivity contribution in [2.45, 2.75) is 38.4 Å². The second-order valence-corrected chi connectivity index (χ2v) is 10.9. The van der Waals surface area contributed by atoms with Crippen molar-refractivity contribution in [2.24, 2.45) is 0 Å². The van der Waals surface area contributed by atoms with E-state index < -0.39 is 34.1 Å². The molecule has 9 nitrogen and oxygen atoms in total. The number of sulfone groups is 1. The van der Waals surface area contributed by atoms with Crippen molar-refractivity contribution in [3.8, 4) is 17.4 Å². The number of aryl methyl sites for hydroxylation is 1. The van der Waals surface area contributed by atoms with Gasteiger partial charge in [0, 0.05) is 29.6 Å². The van der Waals surface area contributed by atoms with Crippen LogP contribution >= 0.6 is 0 Å². The van der Waals surface area contributed by atoms with Gasteiger partial charge in [-0.1, -0.05) is 0 Å². The van der Waals surface area contributed by atoms with Crippen LogP contribution in [0.1, 0.15) is 35.8 Å². The first-order valence-electron chi connectivity index (χ1n) is 10.7. The zero-order valence-electron chi connectivity index (χ0n) is 18.9. The molecule has 0 aliphatic carbocycles. The number of hydrogen-bond acceptors (Lipinski definition) is 7. The monoisotopic (exact) mass is 512 g/mol. The van der Waals surface area contributed by atoms with Crippen LogP contribution in [0.25, 0.3) is 5.52 Å². The van der Waals surface area contributed by atoms with Gasteiger partial charge >= 0.3 is 6.18 Å². The van der Waals surface area contributed by atoms with E-state index in [-0.39, 0.29) is 34.6 Å². The van der Waals surface area contributed by atoms with Gasteiger partial charge in [0.05, 0.1) is 17.0 Å². The molecule has 0 spiro atoms.